The van der Waals surface area contributed by atoms with Crippen molar-refractivity contribution in [3.05, 3.63) is 46.6 Å². The number of aromatic amines is 1. The molecule has 0 aromatic carbocycles. The van der Waals surface area contributed by atoms with Gasteiger partial charge in [-0.25, -0.2) is 0 Å². The van der Waals surface area contributed by atoms with Crippen LogP contribution in [-0.2, 0) is 11.8 Å². The molecule has 0 aliphatic carbocycles. The molecule has 8 nitrogen and oxygen atoms in total. The van der Waals surface area contributed by atoms with Crippen molar-refractivity contribution in [1.29, 1.82) is 0 Å². The minimum absolute atomic E-state index is 0.165. The van der Waals surface area contributed by atoms with Gasteiger partial charge in [0.25, 0.3) is 5.91 Å². The Labute approximate surface area is 126 Å². The number of nitrogens with one attached hydrogen (secondary N) is 2. The number of carbonyl (C=O) groups excluding carboxylic acids is 1. The summed E-state index contributed by atoms with van der Waals surface area (Å²) < 4.78 is 12.5. The molecular weight excluding hydrogens is 288 g/mol. The van der Waals surface area contributed by atoms with E-state index in [0.29, 0.717) is 24.5 Å². The molecule has 1 amide bonds. The molecule has 2 N–H and O–H groups in total. The van der Waals surface area contributed by atoms with Crippen LogP contribution in [0.4, 0.5) is 0 Å². The summed E-state index contributed by atoms with van der Waals surface area (Å²) in [4.78, 5) is 23.6. The summed E-state index contributed by atoms with van der Waals surface area (Å²) in [6, 6.07) is 2.60. The molecule has 3 heterocycles. The Morgan fingerprint density at radius 2 is 2.36 bits per heavy atom. The Morgan fingerprint density at radius 1 is 1.50 bits per heavy atom. The monoisotopic (exact) mass is 304 g/mol. The van der Waals surface area contributed by atoms with E-state index in [2.05, 4.69) is 15.5 Å². The highest BCUT2D eigenvalue weighted by molar-refractivity contribution is 5.94. The summed E-state index contributed by atoms with van der Waals surface area (Å²) in [5.74, 6) is 0.323. The molecule has 2 aromatic heterocycles. The molecule has 0 spiro atoms. The fourth-order valence-electron chi connectivity index (χ4n) is 2.24. The molecule has 2 aromatic rings. The van der Waals surface area contributed by atoms with E-state index in [1.807, 2.05) is 0 Å². The summed E-state index contributed by atoms with van der Waals surface area (Å²) >= 11 is 0. The van der Waals surface area contributed by atoms with Gasteiger partial charge >= 0.3 is 0 Å². The van der Waals surface area contributed by atoms with E-state index >= 15 is 0 Å². The maximum Gasteiger partial charge on any atom is 0.253 e. The predicted molar refractivity (Wildman–Crippen MR) is 76.8 cm³/mol. The minimum atomic E-state index is -0.283. The van der Waals surface area contributed by atoms with Gasteiger partial charge < -0.3 is 19.4 Å². The lowest BCUT2D eigenvalue weighted by atomic mass is 10.2. The van der Waals surface area contributed by atoms with Gasteiger partial charge in [-0.3, -0.25) is 14.7 Å². The average molecular weight is 304 g/mol. The zero-order valence-electron chi connectivity index (χ0n) is 12.0. The molecule has 0 bridgehead atoms. The van der Waals surface area contributed by atoms with Crippen LogP contribution >= 0.6 is 0 Å². The van der Waals surface area contributed by atoms with Gasteiger partial charge in [-0.15, -0.1) is 0 Å². The summed E-state index contributed by atoms with van der Waals surface area (Å²) in [6.07, 6.45) is 4.40. The van der Waals surface area contributed by atoms with Crippen molar-refractivity contribution in [2.24, 2.45) is 7.05 Å². The molecule has 0 unspecified atom stereocenters. The molecule has 22 heavy (non-hydrogen) atoms. The first-order valence-corrected chi connectivity index (χ1v) is 6.84. The lowest BCUT2D eigenvalue weighted by molar-refractivity contribution is 0.0903. The molecule has 8 heteroatoms. The average Bonchev–Trinajstić information content (AvgIpc) is 3.15. The van der Waals surface area contributed by atoms with Crippen LogP contribution in [0.25, 0.3) is 0 Å². The molecule has 1 aliphatic heterocycles. The fraction of sp³-hybridized carbons (Fsp3) is 0.357. The summed E-state index contributed by atoms with van der Waals surface area (Å²) in [5.41, 5.74) is 0.248. The Bertz CT molecular complexity index is 710. The molecule has 1 fully saturated rings. The molecule has 0 radical (unpaired) electrons. The lowest BCUT2D eigenvalue weighted by Crippen LogP contribution is -2.45. The smallest absolute Gasteiger partial charge is 0.253 e. The Balaban J connectivity index is 1.67. The topological polar surface area (TPSA) is 98.2 Å². The normalized spacial score (nSPS) is 20.8. The van der Waals surface area contributed by atoms with E-state index in [0.717, 1.165) is 0 Å². The van der Waals surface area contributed by atoms with E-state index in [9.17, 15) is 9.59 Å². The number of aromatic nitrogens is 3. The number of nitrogens with zero attached hydrogens (tertiary/aromatic N) is 2. The first-order chi connectivity index (χ1) is 10.6. The molecule has 1 saturated heterocycles. The van der Waals surface area contributed by atoms with Crippen LogP contribution in [0.2, 0.25) is 0 Å². The number of aryl methyl sites for hydroxylation is 1. The van der Waals surface area contributed by atoms with E-state index in [-0.39, 0.29) is 23.6 Å². The van der Waals surface area contributed by atoms with Crippen molar-refractivity contribution in [3.8, 4) is 5.75 Å². The van der Waals surface area contributed by atoms with E-state index in [1.165, 1.54) is 22.9 Å². The molecule has 2 atom stereocenters. The van der Waals surface area contributed by atoms with E-state index in [1.54, 1.807) is 19.4 Å². The van der Waals surface area contributed by atoms with Gasteiger partial charge in [-0.1, -0.05) is 0 Å². The van der Waals surface area contributed by atoms with Crippen molar-refractivity contribution in [2.45, 2.75) is 12.1 Å². The molecule has 0 saturated carbocycles. The number of hydrogen-bond acceptors (Lipinski definition) is 5. The number of pyridine rings is 1. The predicted octanol–water partition coefficient (Wildman–Crippen LogP) is -0.315. The van der Waals surface area contributed by atoms with Gasteiger partial charge in [-0.05, 0) is 6.07 Å². The molecule has 116 valence electrons. The van der Waals surface area contributed by atoms with Crippen molar-refractivity contribution in [1.82, 2.24) is 20.1 Å². The van der Waals surface area contributed by atoms with Crippen LogP contribution < -0.4 is 15.6 Å². The maximum absolute atomic E-state index is 12.3. The zero-order chi connectivity index (χ0) is 15.5. The summed E-state index contributed by atoms with van der Waals surface area (Å²) in [5, 5.41) is 9.34. The van der Waals surface area contributed by atoms with Crippen LogP contribution in [0.3, 0.4) is 0 Å². The first kappa shape index (κ1) is 14.3. The highest BCUT2D eigenvalue weighted by Gasteiger charge is 2.32. The van der Waals surface area contributed by atoms with Crippen molar-refractivity contribution >= 4 is 5.91 Å². The number of carbonyl (C=O) groups is 1. The van der Waals surface area contributed by atoms with Gasteiger partial charge in [-0.2, -0.15) is 5.10 Å². The Hall–Kier alpha value is -2.61. The van der Waals surface area contributed by atoms with E-state index in [4.69, 9.17) is 9.47 Å². The van der Waals surface area contributed by atoms with Gasteiger partial charge in [0.2, 0.25) is 5.56 Å². The number of ether oxygens (including phenoxy) is 2. The molecular formula is C14H16N4O4. The third kappa shape index (κ3) is 3.01. The third-order valence-corrected chi connectivity index (χ3v) is 3.45. The van der Waals surface area contributed by atoms with Crippen LogP contribution in [-0.4, -0.2) is 46.0 Å². The van der Waals surface area contributed by atoms with Crippen LogP contribution in [0.15, 0.2) is 35.5 Å². The SMILES string of the molecule is Cn1cc(C(=O)N[C@H]2COC[C@H]2Oc2cn[nH]c2)ccc1=O. The summed E-state index contributed by atoms with van der Waals surface area (Å²) in [7, 11) is 1.60. The second-order valence-corrected chi connectivity index (χ2v) is 5.07. The molecule has 3 rings (SSSR count). The second-order valence-electron chi connectivity index (χ2n) is 5.07. The lowest BCUT2D eigenvalue weighted by Gasteiger charge is -2.19. The fourth-order valence-corrected chi connectivity index (χ4v) is 2.24. The third-order valence-electron chi connectivity index (χ3n) is 3.45. The van der Waals surface area contributed by atoms with Gasteiger partial charge in [0.1, 0.15) is 6.10 Å². The Kier molecular flexibility index (Phi) is 3.92. The quantitative estimate of drug-likeness (QED) is 0.807. The number of H-pyrrole nitrogens is 1. The second kappa shape index (κ2) is 6.02. The van der Waals surface area contributed by atoms with Crippen molar-refractivity contribution in [2.75, 3.05) is 13.2 Å². The van der Waals surface area contributed by atoms with Gasteiger partial charge in [0.15, 0.2) is 5.75 Å². The minimum Gasteiger partial charge on any atom is -0.482 e. The highest BCUT2D eigenvalue weighted by atomic mass is 16.5. The first-order valence-electron chi connectivity index (χ1n) is 6.84. The number of rotatable bonds is 4. The standard InChI is InChI=1S/C14H16N4O4/c1-18-6-9(2-3-13(18)19)14(20)17-11-7-21-8-12(11)22-10-4-15-16-5-10/h2-6,11-12H,7-8H2,1H3,(H,15,16)(H,17,20)/t11-,12+/m0/s1. The van der Waals surface area contributed by atoms with Crippen molar-refractivity contribution in [3.63, 3.8) is 0 Å². The van der Waals surface area contributed by atoms with Crippen molar-refractivity contribution < 1.29 is 14.3 Å². The number of amides is 1. The van der Waals surface area contributed by atoms with Gasteiger partial charge in [0, 0.05) is 19.3 Å². The molecule has 1 aliphatic rings. The maximum atomic E-state index is 12.3. The number of hydrogen-bond donors (Lipinski definition) is 2. The largest absolute Gasteiger partial charge is 0.482 e. The summed E-state index contributed by atoms with van der Waals surface area (Å²) in [6.45, 7) is 0.767. The Morgan fingerprint density at radius 3 is 3.09 bits per heavy atom. The van der Waals surface area contributed by atoms with Crippen LogP contribution in [0.1, 0.15) is 10.4 Å². The highest BCUT2D eigenvalue weighted by Crippen LogP contribution is 2.15. The van der Waals surface area contributed by atoms with E-state index < -0.39 is 0 Å². The zero-order valence-corrected chi connectivity index (χ0v) is 12.0. The van der Waals surface area contributed by atoms with Gasteiger partial charge in [0.05, 0.1) is 37.2 Å². The van der Waals surface area contributed by atoms with Crippen LogP contribution in [0, 0.1) is 0 Å². The van der Waals surface area contributed by atoms with Crippen LogP contribution in [0.5, 0.6) is 5.75 Å².